The Bertz CT molecular complexity index is 579. The van der Waals surface area contributed by atoms with Crippen LogP contribution in [0.3, 0.4) is 0 Å². The monoisotopic (exact) mass is 329 g/mol. The molecular formula is C19H27N3O2. The van der Waals surface area contributed by atoms with Gasteiger partial charge in [0.1, 0.15) is 6.04 Å². The van der Waals surface area contributed by atoms with E-state index < -0.39 is 0 Å². The van der Waals surface area contributed by atoms with Crippen LogP contribution in [-0.4, -0.2) is 30.9 Å². The summed E-state index contributed by atoms with van der Waals surface area (Å²) in [6, 6.07) is 8.69. The lowest BCUT2D eigenvalue weighted by Gasteiger charge is -2.33. The zero-order chi connectivity index (χ0) is 16.9. The van der Waals surface area contributed by atoms with Crippen molar-refractivity contribution in [3.8, 4) is 0 Å². The van der Waals surface area contributed by atoms with E-state index in [2.05, 4.69) is 46.8 Å². The smallest absolute Gasteiger partial charge is 0.242 e. The highest BCUT2D eigenvalue weighted by Gasteiger charge is 2.26. The second-order valence-corrected chi connectivity index (χ2v) is 6.95. The molecule has 1 aliphatic carbocycles. The van der Waals surface area contributed by atoms with Gasteiger partial charge in [0.2, 0.25) is 11.8 Å². The Morgan fingerprint density at radius 1 is 1.17 bits per heavy atom. The van der Waals surface area contributed by atoms with Gasteiger partial charge in [-0.05, 0) is 37.0 Å². The van der Waals surface area contributed by atoms with Gasteiger partial charge < -0.3 is 15.5 Å². The lowest BCUT2D eigenvalue weighted by molar-refractivity contribution is -0.125. The van der Waals surface area contributed by atoms with Gasteiger partial charge >= 0.3 is 0 Å². The highest BCUT2D eigenvalue weighted by molar-refractivity contribution is 5.90. The fraction of sp³-hybridized carbons (Fsp3) is 0.579. The SMILES string of the molecule is CN(c1ccc(CNC(=O)C2CCC(=O)N2)cc1)C1CCCCC1. The zero-order valence-electron chi connectivity index (χ0n) is 14.4. The van der Waals surface area contributed by atoms with Crippen LogP contribution in [0.4, 0.5) is 5.69 Å². The van der Waals surface area contributed by atoms with Gasteiger partial charge in [-0.15, -0.1) is 0 Å². The Morgan fingerprint density at radius 2 is 1.88 bits per heavy atom. The van der Waals surface area contributed by atoms with Crippen LogP contribution >= 0.6 is 0 Å². The maximum atomic E-state index is 12.0. The number of anilines is 1. The molecule has 1 unspecified atom stereocenters. The molecule has 1 atom stereocenters. The minimum Gasteiger partial charge on any atom is -0.372 e. The first-order valence-electron chi connectivity index (χ1n) is 9.02. The predicted octanol–water partition coefficient (Wildman–Crippen LogP) is 2.35. The van der Waals surface area contributed by atoms with Crippen LogP contribution < -0.4 is 15.5 Å². The third kappa shape index (κ3) is 4.08. The summed E-state index contributed by atoms with van der Waals surface area (Å²) in [5.74, 6) is -0.130. The maximum absolute atomic E-state index is 12.0. The summed E-state index contributed by atoms with van der Waals surface area (Å²) in [7, 11) is 2.18. The Hall–Kier alpha value is -2.04. The average Bonchev–Trinajstić information content (AvgIpc) is 3.07. The normalized spacial score (nSPS) is 21.4. The molecule has 0 radical (unpaired) electrons. The molecule has 1 saturated carbocycles. The molecule has 0 bridgehead atoms. The van der Waals surface area contributed by atoms with Crippen molar-refractivity contribution in [3.05, 3.63) is 29.8 Å². The van der Waals surface area contributed by atoms with Gasteiger partial charge in [0.05, 0.1) is 0 Å². The highest BCUT2D eigenvalue weighted by Crippen LogP contribution is 2.26. The van der Waals surface area contributed by atoms with E-state index in [1.807, 2.05) is 0 Å². The second-order valence-electron chi connectivity index (χ2n) is 6.95. The van der Waals surface area contributed by atoms with Crippen LogP contribution in [0.1, 0.15) is 50.5 Å². The molecule has 0 aromatic heterocycles. The van der Waals surface area contributed by atoms with Crippen molar-refractivity contribution >= 4 is 17.5 Å². The van der Waals surface area contributed by atoms with E-state index >= 15 is 0 Å². The molecule has 1 aromatic rings. The van der Waals surface area contributed by atoms with E-state index in [0.717, 1.165) is 5.56 Å². The third-order valence-corrected chi connectivity index (χ3v) is 5.24. The molecule has 2 amide bonds. The molecule has 2 aliphatic rings. The summed E-state index contributed by atoms with van der Waals surface area (Å²) < 4.78 is 0. The fourth-order valence-corrected chi connectivity index (χ4v) is 3.65. The average molecular weight is 329 g/mol. The van der Waals surface area contributed by atoms with Gasteiger partial charge in [0.25, 0.3) is 0 Å². The Morgan fingerprint density at radius 3 is 2.50 bits per heavy atom. The summed E-state index contributed by atoms with van der Waals surface area (Å²) in [4.78, 5) is 25.6. The standard InChI is InChI=1S/C19H27N3O2/c1-22(15-5-3-2-4-6-15)16-9-7-14(8-10-16)13-20-19(24)17-11-12-18(23)21-17/h7-10,15,17H,2-6,11-13H2,1H3,(H,20,24)(H,21,23). The van der Waals surface area contributed by atoms with Crippen LogP contribution in [0.2, 0.25) is 0 Å². The summed E-state index contributed by atoms with van der Waals surface area (Å²) in [6.07, 6.45) is 7.62. The number of amides is 2. The Labute approximate surface area is 143 Å². The number of carbonyl (C=O) groups excluding carboxylic acids is 2. The van der Waals surface area contributed by atoms with Gasteiger partial charge in [-0.25, -0.2) is 0 Å². The summed E-state index contributed by atoms with van der Waals surface area (Å²) in [6.45, 7) is 0.499. The van der Waals surface area contributed by atoms with Crippen LogP contribution in [0, 0.1) is 0 Å². The van der Waals surface area contributed by atoms with Crippen molar-refractivity contribution in [2.24, 2.45) is 0 Å². The molecule has 5 nitrogen and oxygen atoms in total. The van der Waals surface area contributed by atoms with Crippen molar-refractivity contribution < 1.29 is 9.59 Å². The van der Waals surface area contributed by atoms with Gasteiger partial charge in [0.15, 0.2) is 0 Å². The first-order chi connectivity index (χ1) is 11.6. The van der Waals surface area contributed by atoms with E-state index in [0.29, 0.717) is 25.4 Å². The summed E-state index contributed by atoms with van der Waals surface area (Å²) in [5.41, 5.74) is 2.31. The van der Waals surface area contributed by atoms with Crippen molar-refractivity contribution in [3.63, 3.8) is 0 Å². The molecule has 2 fully saturated rings. The zero-order valence-corrected chi connectivity index (χ0v) is 14.4. The van der Waals surface area contributed by atoms with Crippen molar-refractivity contribution in [2.75, 3.05) is 11.9 Å². The first kappa shape index (κ1) is 16.8. The van der Waals surface area contributed by atoms with Crippen molar-refractivity contribution in [1.82, 2.24) is 10.6 Å². The second kappa shape index (κ2) is 7.69. The molecule has 130 valence electrons. The highest BCUT2D eigenvalue weighted by atomic mass is 16.2. The lowest BCUT2D eigenvalue weighted by atomic mass is 9.94. The van der Waals surface area contributed by atoms with Gasteiger partial charge in [0, 0.05) is 31.7 Å². The molecular weight excluding hydrogens is 302 g/mol. The number of hydrogen-bond donors (Lipinski definition) is 2. The molecule has 2 N–H and O–H groups in total. The van der Waals surface area contributed by atoms with Crippen LogP contribution in [0.25, 0.3) is 0 Å². The predicted molar refractivity (Wildman–Crippen MR) is 94.7 cm³/mol. The topological polar surface area (TPSA) is 61.4 Å². The maximum Gasteiger partial charge on any atom is 0.242 e. The minimum absolute atomic E-state index is 0.0368. The summed E-state index contributed by atoms with van der Waals surface area (Å²) in [5, 5.41) is 5.60. The van der Waals surface area contributed by atoms with E-state index in [4.69, 9.17) is 0 Å². The van der Waals surface area contributed by atoms with E-state index in [-0.39, 0.29) is 17.9 Å². The van der Waals surface area contributed by atoms with E-state index in [9.17, 15) is 9.59 Å². The van der Waals surface area contributed by atoms with Crippen molar-refractivity contribution in [1.29, 1.82) is 0 Å². The fourth-order valence-electron chi connectivity index (χ4n) is 3.65. The van der Waals surface area contributed by atoms with Crippen LogP contribution in [-0.2, 0) is 16.1 Å². The minimum atomic E-state index is -0.366. The molecule has 24 heavy (non-hydrogen) atoms. The van der Waals surface area contributed by atoms with Crippen LogP contribution in [0.5, 0.6) is 0 Å². The number of benzene rings is 1. The molecule has 3 rings (SSSR count). The number of nitrogens with one attached hydrogen (secondary N) is 2. The Kier molecular flexibility index (Phi) is 5.38. The number of hydrogen-bond acceptors (Lipinski definition) is 3. The lowest BCUT2D eigenvalue weighted by Crippen LogP contribution is -2.41. The van der Waals surface area contributed by atoms with E-state index in [1.165, 1.54) is 37.8 Å². The van der Waals surface area contributed by atoms with Gasteiger partial charge in [-0.3, -0.25) is 9.59 Å². The van der Waals surface area contributed by atoms with Gasteiger partial charge in [-0.1, -0.05) is 31.4 Å². The Balaban J connectivity index is 1.50. The number of rotatable bonds is 5. The molecule has 1 aliphatic heterocycles. The molecule has 5 heteroatoms. The molecule has 1 saturated heterocycles. The van der Waals surface area contributed by atoms with Crippen molar-refractivity contribution in [2.45, 2.75) is 63.6 Å². The van der Waals surface area contributed by atoms with E-state index in [1.54, 1.807) is 0 Å². The molecule has 1 heterocycles. The van der Waals surface area contributed by atoms with Crippen LogP contribution in [0.15, 0.2) is 24.3 Å². The summed E-state index contributed by atoms with van der Waals surface area (Å²) >= 11 is 0. The first-order valence-corrected chi connectivity index (χ1v) is 9.02. The molecule has 0 spiro atoms. The number of carbonyl (C=O) groups is 2. The van der Waals surface area contributed by atoms with Gasteiger partial charge in [-0.2, -0.15) is 0 Å². The third-order valence-electron chi connectivity index (χ3n) is 5.24. The quantitative estimate of drug-likeness (QED) is 0.872. The largest absolute Gasteiger partial charge is 0.372 e. The molecule has 1 aromatic carbocycles. The number of nitrogens with zero attached hydrogens (tertiary/aromatic N) is 1.